The molecule has 1 aliphatic heterocycles. The van der Waals surface area contributed by atoms with Gasteiger partial charge in [0.2, 0.25) is 0 Å². The van der Waals surface area contributed by atoms with Gasteiger partial charge in [-0.2, -0.15) is 0 Å². The van der Waals surface area contributed by atoms with Gasteiger partial charge < -0.3 is 14.2 Å². The number of fused-ring (bicyclic) bond motifs is 1. The molecule has 3 rings (SSSR count). The maximum absolute atomic E-state index is 12.5. The highest BCUT2D eigenvalue weighted by atomic mass is 32.1. The Labute approximate surface area is 128 Å². The molecule has 0 saturated carbocycles. The average molecular weight is 305 g/mol. The summed E-state index contributed by atoms with van der Waals surface area (Å²) in [4.78, 5) is 19.3. The summed E-state index contributed by atoms with van der Waals surface area (Å²) in [6.07, 6.45) is 5.90. The number of thiophene rings is 1. The van der Waals surface area contributed by atoms with Crippen molar-refractivity contribution in [1.29, 1.82) is 0 Å². The van der Waals surface area contributed by atoms with E-state index in [9.17, 15) is 4.79 Å². The van der Waals surface area contributed by atoms with Crippen molar-refractivity contribution in [2.45, 2.75) is 19.4 Å². The van der Waals surface area contributed by atoms with Gasteiger partial charge in [0.1, 0.15) is 16.5 Å². The van der Waals surface area contributed by atoms with Gasteiger partial charge in [-0.15, -0.1) is 11.3 Å². The van der Waals surface area contributed by atoms with Crippen molar-refractivity contribution in [2.24, 2.45) is 5.92 Å². The molecule has 1 aliphatic rings. The number of hydrogen-bond donors (Lipinski definition) is 0. The van der Waals surface area contributed by atoms with E-state index in [1.807, 2.05) is 30.9 Å². The Morgan fingerprint density at radius 2 is 2.48 bits per heavy atom. The van der Waals surface area contributed by atoms with Gasteiger partial charge in [-0.3, -0.25) is 4.79 Å². The van der Waals surface area contributed by atoms with Crippen LogP contribution in [0.3, 0.4) is 0 Å². The minimum Gasteiger partial charge on any atom is -0.495 e. The molecule has 0 saturated heterocycles. The van der Waals surface area contributed by atoms with Gasteiger partial charge >= 0.3 is 0 Å². The van der Waals surface area contributed by atoms with Crippen LogP contribution in [0.15, 0.2) is 23.8 Å². The molecule has 0 aliphatic carbocycles. The highest BCUT2D eigenvalue weighted by Crippen LogP contribution is 2.27. The van der Waals surface area contributed by atoms with Gasteiger partial charge in [0.15, 0.2) is 0 Å². The predicted molar refractivity (Wildman–Crippen MR) is 81.9 cm³/mol. The molecule has 0 radical (unpaired) electrons. The third-order valence-electron chi connectivity index (χ3n) is 3.97. The van der Waals surface area contributed by atoms with Crippen LogP contribution in [0.2, 0.25) is 0 Å². The Kier molecular flexibility index (Phi) is 3.96. The summed E-state index contributed by atoms with van der Waals surface area (Å²) in [6.45, 7) is 1.75. The number of amides is 1. The summed E-state index contributed by atoms with van der Waals surface area (Å²) >= 11 is 1.43. The summed E-state index contributed by atoms with van der Waals surface area (Å²) in [5.41, 5.74) is 0. The van der Waals surface area contributed by atoms with Crippen molar-refractivity contribution in [3.05, 3.63) is 34.5 Å². The first-order valence-corrected chi connectivity index (χ1v) is 7.94. The zero-order chi connectivity index (χ0) is 14.8. The lowest BCUT2D eigenvalue weighted by atomic mass is 9.97. The Morgan fingerprint density at radius 3 is 3.29 bits per heavy atom. The molecule has 112 valence electrons. The highest BCUT2D eigenvalue weighted by molar-refractivity contribution is 7.12. The first-order chi connectivity index (χ1) is 10.2. The van der Waals surface area contributed by atoms with Crippen LogP contribution in [-0.4, -0.2) is 41.1 Å². The molecule has 21 heavy (non-hydrogen) atoms. The smallest absolute Gasteiger partial charge is 0.267 e. The molecule has 0 aromatic carbocycles. The Morgan fingerprint density at radius 1 is 1.62 bits per heavy atom. The van der Waals surface area contributed by atoms with Crippen LogP contribution in [0.4, 0.5) is 0 Å². The summed E-state index contributed by atoms with van der Waals surface area (Å²) in [7, 11) is 3.46. The van der Waals surface area contributed by atoms with Crippen LogP contribution in [0, 0.1) is 5.92 Å². The molecule has 2 aromatic rings. The molecule has 1 amide bonds. The molecular formula is C15H19N3O2S. The van der Waals surface area contributed by atoms with Crippen molar-refractivity contribution in [2.75, 3.05) is 20.7 Å². The number of nitrogens with zero attached hydrogens (tertiary/aromatic N) is 3. The number of methoxy groups -OCH3 is 1. The van der Waals surface area contributed by atoms with Crippen LogP contribution < -0.4 is 4.74 Å². The lowest BCUT2D eigenvalue weighted by molar-refractivity contribution is 0.0765. The van der Waals surface area contributed by atoms with Crippen LogP contribution in [0.25, 0.3) is 0 Å². The molecule has 1 atom stereocenters. The molecule has 0 N–H and O–H groups in total. The summed E-state index contributed by atoms with van der Waals surface area (Å²) in [6, 6.07) is 1.84. The predicted octanol–water partition coefficient (Wildman–Crippen LogP) is 2.29. The molecule has 0 bridgehead atoms. The highest BCUT2D eigenvalue weighted by Gasteiger charge is 2.24. The van der Waals surface area contributed by atoms with Crippen molar-refractivity contribution >= 4 is 17.2 Å². The monoisotopic (exact) mass is 305 g/mol. The number of hydrogen-bond acceptors (Lipinski definition) is 4. The molecule has 1 unspecified atom stereocenters. The number of carbonyl (C=O) groups is 1. The lowest BCUT2D eigenvalue weighted by Crippen LogP contribution is -2.34. The number of carbonyl (C=O) groups excluding carboxylic acids is 1. The fourth-order valence-electron chi connectivity index (χ4n) is 2.83. The minimum atomic E-state index is 0.0377. The van der Waals surface area contributed by atoms with Crippen molar-refractivity contribution < 1.29 is 9.53 Å². The van der Waals surface area contributed by atoms with Crippen LogP contribution >= 0.6 is 11.3 Å². The van der Waals surface area contributed by atoms with Crippen molar-refractivity contribution in [3.63, 3.8) is 0 Å². The fourth-order valence-corrected chi connectivity index (χ4v) is 3.68. The summed E-state index contributed by atoms with van der Waals surface area (Å²) in [5, 5.41) is 1.89. The van der Waals surface area contributed by atoms with E-state index in [4.69, 9.17) is 4.74 Å². The van der Waals surface area contributed by atoms with Crippen molar-refractivity contribution in [1.82, 2.24) is 14.5 Å². The van der Waals surface area contributed by atoms with E-state index in [0.29, 0.717) is 16.5 Å². The SMILES string of the molecule is COc1ccsc1C(=O)N(C)CC1CCn2ccnc2C1. The van der Waals surface area contributed by atoms with E-state index in [1.165, 1.54) is 11.3 Å². The maximum atomic E-state index is 12.5. The number of ether oxygens (including phenoxy) is 1. The van der Waals surface area contributed by atoms with Gasteiger partial charge in [-0.05, 0) is 23.8 Å². The second-order valence-electron chi connectivity index (χ2n) is 5.40. The summed E-state index contributed by atoms with van der Waals surface area (Å²) in [5.74, 6) is 2.30. The Balaban J connectivity index is 1.64. The number of aromatic nitrogens is 2. The number of imidazole rings is 1. The molecule has 0 spiro atoms. The first kappa shape index (κ1) is 14.1. The first-order valence-electron chi connectivity index (χ1n) is 7.06. The standard InChI is InChI=1S/C15H19N3O2S/c1-17(15(19)14-12(20-2)4-8-21-14)10-11-3-6-18-7-5-16-13(18)9-11/h4-5,7-8,11H,3,6,9-10H2,1-2H3. The van der Waals surface area contributed by atoms with E-state index >= 15 is 0 Å². The number of rotatable bonds is 4. The Bertz CT molecular complexity index is 634. The topological polar surface area (TPSA) is 47.4 Å². The van der Waals surface area contributed by atoms with E-state index in [0.717, 1.165) is 31.8 Å². The molecule has 3 heterocycles. The lowest BCUT2D eigenvalue weighted by Gasteiger charge is -2.27. The third-order valence-corrected chi connectivity index (χ3v) is 4.86. The zero-order valence-electron chi connectivity index (χ0n) is 12.3. The molecule has 6 heteroatoms. The van der Waals surface area contributed by atoms with Gasteiger partial charge in [-0.1, -0.05) is 0 Å². The maximum Gasteiger partial charge on any atom is 0.267 e. The van der Waals surface area contributed by atoms with Crippen LogP contribution in [0.1, 0.15) is 21.9 Å². The summed E-state index contributed by atoms with van der Waals surface area (Å²) < 4.78 is 7.43. The van der Waals surface area contributed by atoms with Gasteiger partial charge in [0, 0.05) is 39.0 Å². The molecule has 0 fully saturated rings. The average Bonchev–Trinajstić information content (AvgIpc) is 3.14. The second-order valence-corrected chi connectivity index (χ2v) is 6.32. The quantitative estimate of drug-likeness (QED) is 0.871. The molecule has 2 aromatic heterocycles. The zero-order valence-corrected chi connectivity index (χ0v) is 13.1. The fraction of sp³-hybridized carbons (Fsp3) is 0.467. The van der Waals surface area contributed by atoms with E-state index in [2.05, 4.69) is 9.55 Å². The van der Waals surface area contributed by atoms with Crippen molar-refractivity contribution in [3.8, 4) is 5.75 Å². The van der Waals surface area contributed by atoms with E-state index in [1.54, 1.807) is 12.0 Å². The van der Waals surface area contributed by atoms with Gasteiger partial charge in [0.25, 0.3) is 5.91 Å². The second kappa shape index (κ2) is 5.89. The van der Waals surface area contributed by atoms with E-state index < -0.39 is 0 Å². The van der Waals surface area contributed by atoms with Crippen LogP contribution in [-0.2, 0) is 13.0 Å². The van der Waals surface area contributed by atoms with E-state index in [-0.39, 0.29) is 5.91 Å². The molecule has 5 nitrogen and oxygen atoms in total. The normalized spacial score (nSPS) is 17.3. The van der Waals surface area contributed by atoms with Gasteiger partial charge in [0.05, 0.1) is 7.11 Å². The largest absolute Gasteiger partial charge is 0.495 e. The number of aryl methyl sites for hydroxylation is 1. The third kappa shape index (κ3) is 2.81. The Hall–Kier alpha value is -1.82. The molecular weight excluding hydrogens is 286 g/mol. The van der Waals surface area contributed by atoms with Crippen LogP contribution in [0.5, 0.6) is 5.75 Å². The minimum absolute atomic E-state index is 0.0377. The van der Waals surface area contributed by atoms with Gasteiger partial charge in [-0.25, -0.2) is 4.98 Å².